The van der Waals surface area contributed by atoms with Crippen molar-refractivity contribution >= 4 is 17.3 Å². The zero-order valence-electron chi connectivity index (χ0n) is 7.13. The number of aryl methyl sites for hydroxylation is 2. The van der Waals surface area contributed by atoms with Gasteiger partial charge in [0.1, 0.15) is 0 Å². The summed E-state index contributed by atoms with van der Waals surface area (Å²) in [6, 6.07) is 0. The summed E-state index contributed by atoms with van der Waals surface area (Å²) in [5.41, 5.74) is 0.236. The lowest BCUT2D eigenvalue weighted by Crippen LogP contribution is -2.00. The van der Waals surface area contributed by atoms with Gasteiger partial charge in [-0.2, -0.15) is 0 Å². The second-order valence-corrected chi connectivity index (χ2v) is 3.56. The van der Waals surface area contributed by atoms with Gasteiger partial charge >= 0.3 is 5.97 Å². The average Bonchev–Trinajstić information content (AvgIpc) is 2.47. The summed E-state index contributed by atoms with van der Waals surface area (Å²) in [5, 5.41) is 9.66. The largest absolute Gasteiger partial charge is 0.476 e. The summed E-state index contributed by atoms with van der Waals surface area (Å²) in [7, 11) is 0. The zero-order chi connectivity index (χ0) is 9.14. The molecule has 0 aliphatic carbocycles. The van der Waals surface area contributed by atoms with Crippen molar-refractivity contribution in [2.45, 2.75) is 26.7 Å². The lowest BCUT2D eigenvalue weighted by atomic mass is 10.3. The fourth-order valence-electron chi connectivity index (χ4n) is 0.958. The number of aromatic carboxylic acids is 1. The number of carboxylic acids is 1. The summed E-state index contributed by atoms with van der Waals surface area (Å²) in [5.74, 6) is -0.914. The smallest absolute Gasteiger partial charge is 0.355 e. The second-order valence-electron chi connectivity index (χ2n) is 2.39. The predicted molar refractivity (Wildman–Crippen MR) is 47.8 cm³/mol. The van der Waals surface area contributed by atoms with Gasteiger partial charge in [-0.25, -0.2) is 9.78 Å². The Balaban J connectivity index is 3.08. The van der Waals surface area contributed by atoms with Gasteiger partial charge in [-0.1, -0.05) is 13.8 Å². The molecule has 0 bridgehead atoms. The van der Waals surface area contributed by atoms with Crippen molar-refractivity contribution in [3.63, 3.8) is 0 Å². The highest BCUT2D eigenvalue weighted by Crippen LogP contribution is 2.19. The van der Waals surface area contributed by atoms with Crippen molar-refractivity contribution in [3.05, 3.63) is 15.6 Å². The summed E-state index contributed by atoms with van der Waals surface area (Å²) in [6.45, 7) is 3.92. The van der Waals surface area contributed by atoms with Gasteiger partial charge in [0.05, 0.1) is 5.01 Å². The molecule has 1 aromatic heterocycles. The molecule has 0 spiro atoms. The van der Waals surface area contributed by atoms with Crippen LogP contribution >= 0.6 is 11.3 Å². The van der Waals surface area contributed by atoms with Crippen LogP contribution in [0.25, 0.3) is 0 Å². The maximum atomic E-state index is 10.7. The van der Waals surface area contributed by atoms with E-state index in [0.717, 1.165) is 22.7 Å². The van der Waals surface area contributed by atoms with E-state index in [-0.39, 0.29) is 5.69 Å². The topological polar surface area (TPSA) is 50.2 Å². The number of hydrogen-bond acceptors (Lipinski definition) is 3. The lowest BCUT2D eigenvalue weighted by Gasteiger charge is -1.89. The molecular formula is C8H11NO2S. The first-order valence-electron chi connectivity index (χ1n) is 3.90. The van der Waals surface area contributed by atoms with Crippen molar-refractivity contribution in [3.8, 4) is 0 Å². The highest BCUT2D eigenvalue weighted by molar-refractivity contribution is 7.11. The molecule has 0 aliphatic heterocycles. The summed E-state index contributed by atoms with van der Waals surface area (Å²) >= 11 is 1.50. The number of aromatic nitrogens is 1. The van der Waals surface area contributed by atoms with Crippen LogP contribution < -0.4 is 0 Å². The van der Waals surface area contributed by atoms with Crippen LogP contribution in [0.1, 0.15) is 34.2 Å². The van der Waals surface area contributed by atoms with Crippen molar-refractivity contribution in [1.82, 2.24) is 4.98 Å². The summed E-state index contributed by atoms with van der Waals surface area (Å²) < 4.78 is 0. The molecule has 0 fully saturated rings. The minimum absolute atomic E-state index is 0.236. The molecule has 0 saturated heterocycles. The first kappa shape index (κ1) is 9.19. The number of carbonyl (C=O) groups is 1. The second kappa shape index (κ2) is 3.67. The Morgan fingerprint density at radius 1 is 1.50 bits per heavy atom. The van der Waals surface area contributed by atoms with Gasteiger partial charge in [-0.3, -0.25) is 0 Å². The van der Waals surface area contributed by atoms with Crippen molar-refractivity contribution in [2.75, 3.05) is 0 Å². The van der Waals surface area contributed by atoms with E-state index in [1.54, 1.807) is 0 Å². The molecule has 1 heterocycles. The van der Waals surface area contributed by atoms with Gasteiger partial charge < -0.3 is 5.11 Å². The number of nitrogens with zero attached hydrogens (tertiary/aromatic N) is 1. The molecule has 66 valence electrons. The first-order chi connectivity index (χ1) is 5.69. The monoisotopic (exact) mass is 185 g/mol. The van der Waals surface area contributed by atoms with Crippen LogP contribution in [-0.4, -0.2) is 16.1 Å². The van der Waals surface area contributed by atoms with E-state index in [0.29, 0.717) is 0 Å². The van der Waals surface area contributed by atoms with E-state index in [4.69, 9.17) is 5.11 Å². The standard InChI is InChI=1S/C8H11NO2S/c1-3-5-7(8(10)11)9-6(4-2)12-5/h3-4H2,1-2H3,(H,10,11). The molecule has 1 N–H and O–H groups in total. The van der Waals surface area contributed by atoms with E-state index in [9.17, 15) is 4.79 Å². The fraction of sp³-hybridized carbons (Fsp3) is 0.500. The van der Waals surface area contributed by atoms with Crippen LogP contribution in [0, 0.1) is 0 Å². The van der Waals surface area contributed by atoms with Crippen LogP contribution in [0.5, 0.6) is 0 Å². The highest BCUT2D eigenvalue weighted by atomic mass is 32.1. The van der Waals surface area contributed by atoms with E-state index < -0.39 is 5.97 Å². The molecule has 0 unspecified atom stereocenters. The van der Waals surface area contributed by atoms with Crippen molar-refractivity contribution in [2.24, 2.45) is 0 Å². The molecule has 0 saturated carbocycles. The van der Waals surface area contributed by atoms with Gasteiger partial charge in [-0.05, 0) is 12.8 Å². The quantitative estimate of drug-likeness (QED) is 0.783. The fourth-order valence-corrected chi connectivity index (χ4v) is 1.90. The van der Waals surface area contributed by atoms with E-state index in [2.05, 4.69) is 4.98 Å². The Kier molecular flexibility index (Phi) is 2.81. The van der Waals surface area contributed by atoms with Crippen LogP contribution in [-0.2, 0) is 12.8 Å². The third-order valence-corrected chi connectivity index (χ3v) is 2.91. The number of carboxylic acid groups (broad SMARTS) is 1. The average molecular weight is 185 g/mol. The summed E-state index contributed by atoms with van der Waals surface area (Å²) in [6.07, 6.45) is 1.56. The normalized spacial score (nSPS) is 10.2. The third kappa shape index (κ3) is 1.64. The van der Waals surface area contributed by atoms with Crippen molar-refractivity contribution < 1.29 is 9.90 Å². The molecule has 0 aliphatic rings. The Hall–Kier alpha value is -0.900. The Morgan fingerprint density at radius 3 is 2.50 bits per heavy atom. The molecule has 0 radical (unpaired) electrons. The van der Waals surface area contributed by atoms with Gasteiger partial charge in [0.25, 0.3) is 0 Å². The van der Waals surface area contributed by atoms with E-state index in [1.165, 1.54) is 11.3 Å². The Bertz CT molecular complexity index is 293. The maximum absolute atomic E-state index is 10.7. The van der Waals surface area contributed by atoms with E-state index >= 15 is 0 Å². The number of rotatable bonds is 3. The molecule has 1 aromatic rings. The molecule has 0 aromatic carbocycles. The molecule has 3 nitrogen and oxygen atoms in total. The Labute approximate surface area is 75.1 Å². The zero-order valence-corrected chi connectivity index (χ0v) is 7.94. The third-order valence-electron chi connectivity index (χ3n) is 1.57. The predicted octanol–water partition coefficient (Wildman–Crippen LogP) is 1.97. The molecule has 0 amide bonds. The molecule has 12 heavy (non-hydrogen) atoms. The number of thiazole rings is 1. The van der Waals surface area contributed by atoms with Crippen LogP contribution in [0.4, 0.5) is 0 Å². The van der Waals surface area contributed by atoms with Crippen LogP contribution in [0.2, 0.25) is 0 Å². The van der Waals surface area contributed by atoms with E-state index in [1.807, 2.05) is 13.8 Å². The minimum Gasteiger partial charge on any atom is -0.476 e. The molecule has 0 atom stereocenters. The van der Waals surface area contributed by atoms with Crippen molar-refractivity contribution in [1.29, 1.82) is 0 Å². The van der Waals surface area contributed by atoms with Gasteiger partial charge in [0, 0.05) is 4.88 Å². The van der Waals surface area contributed by atoms with Gasteiger partial charge in [0.2, 0.25) is 0 Å². The summed E-state index contributed by atoms with van der Waals surface area (Å²) in [4.78, 5) is 15.5. The number of hydrogen-bond donors (Lipinski definition) is 1. The van der Waals surface area contributed by atoms with Crippen LogP contribution in [0.3, 0.4) is 0 Å². The minimum atomic E-state index is -0.914. The maximum Gasteiger partial charge on any atom is 0.355 e. The lowest BCUT2D eigenvalue weighted by molar-refractivity contribution is 0.0690. The Morgan fingerprint density at radius 2 is 2.17 bits per heavy atom. The first-order valence-corrected chi connectivity index (χ1v) is 4.72. The van der Waals surface area contributed by atoms with Crippen LogP contribution in [0.15, 0.2) is 0 Å². The highest BCUT2D eigenvalue weighted by Gasteiger charge is 2.14. The van der Waals surface area contributed by atoms with Gasteiger partial charge in [-0.15, -0.1) is 11.3 Å². The molecule has 1 rings (SSSR count). The SMILES string of the molecule is CCc1nc(C(=O)O)c(CC)s1. The molecule has 4 heteroatoms. The van der Waals surface area contributed by atoms with Gasteiger partial charge in [0.15, 0.2) is 5.69 Å². The molecular weight excluding hydrogens is 174 g/mol.